The second kappa shape index (κ2) is 5.91. The molecule has 1 aromatic rings. The maximum Gasteiger partial charge on any atom is 0.145 e. The van der Waals surface area contributed by atoms with Crippen LogP contribution < -0.4 is 5.32 Å². The first kappa shape index (κ1) is 13.1. The lowest BCUT2D eigenvalue weighted by Crippen LogP contribution is -1.90. The van der Waals surface area contributed by atoms with E-state index in [0.29, 0.717) is 10.7 Å². The number of nitrogens with one attached hydrogen (secondary N) is 1. The van der Waals surface area contributed by atoms with Crippen molar-refractivity contribution < 1.29 is 0 Å². The summed E-state index contributed by atoms with van der Waals surface area (Å²) in [6.07, 6.45) is 1.34. The number of anilines is 1. The van der Waals surface area contributed by atoms with Gasteiger partial charge >= 0.3 is 0 Å². The monoisotopic (exact) mass is 359 g/mol. The minimum Gasteiger partial charge on any atom is -0.360 e. The number of allylic oxidation sites excluding steroid dienone is 1. The molecule has 3 nitrogen and oxygen atoms in total. The summed E-state index contributed by atoms with van der Waals surface area (Å²) in [5.41, 5.74) is 0.716. The summed E-state index contributed by atoms with van der Waals surface area (Å²) < 4.78 is 1.44. The Kier molecular flexibility index (Phi) is 4.82. The van der Waals surface area contributed by atoms with Gasteiger partial charge in [-0.1, -0.05) is 11.6 Å². The number of halogens is 3. The molecule has 0 radical (unpaired) electrons. The third-order valence-electron chi connectivity index (χ3n) is 1.61. The van der Waals surface area contributed by atoms with Crippen LogP contribution in [0.15, 0.2) is 32.9 Å². The number of benzene rings is 1. The van der Waals surface area contributed by atoms with Crippen LogP contribution in [0.1, 0.15) is 0 Å². The van der Waals surface area contributed by atoms with E-state index in [1.165, 1.54) is 6.20 Å². The van der Waals surface area contributed by atoms with Crippen molar-refractivity contribution in [2.75, 3.05) is 5.32 Å². The summed E-state index contributed by atoms with van der Waals surface area (Å²) in [7, 11) is 0. The minimum atomic E-state index is 0.00203. The Bertz CT molecular complexity index is 487. The highest BCUT2D eigenvalue weighted by atomic mass is 79.9. The van der Waals surface area contributed by atoms with Crippen molar-refractivity contribution in [1.29, 1.82) is 10.5 Å². The van der Waals surface area contributed by atoms with Crippen LogP contribution in [0.5, 0.6) is 0 Å². The highest BCUT2D eigenvalue weighted by molar-refractivity contribution is 9.11. The molecular formula is C10H4Br2ClN3. The third-order valence-corrected chi connectivity index (χ3v) is 3.72. The van der Waals surface area contributed by atoms with E-state index in [-0.39, 0.29) is 5.57 Å². The van der Waals surface area contributed by atoms with E-state index in [2.05, 4.69) is 37.2 Å². The van der Waals surface area contributed by atoms with Crippen LogP contribution in [0.2, 0.25) is 5.02 Å². The van der Waals surface area contributed by atoms with E-state index < -0.39 is 0 Å². The number of rotatable bonds is 2. The van der Waals surface area contributed by atoms with Crippen molar-refractivity contribution in [3.8, 4) is 12.1 Å². The molecule has 0 spiro atoms. The van der Waals surface area contributed by atoms with E-state index in [1.807, 2.05) is 0 Å². The van der Waals surface area contributed by atoms with Crippen molar-refractivity contribution in [3.63, 3.8) is 0 Å². The second-order valence-corrected chi connectivity index (χ2v) is 4.77. The van der Waals surface area contributed by atoms with Gasteiger partial charge in [-0.15, -0.1) is 0 Å². The first-order valence-corrected chi connectivity index (χ1v) is 5.96. The Morgan fingerprint density at radius 1 is 1.25 bits per heavy atom. The summed E-state index contributed by atoms with van der Waals surface area (Å²) in [5, 5.41) is 20.5. The van der Waals surface area contributed by atoms with Gasteiger partial charge in [0.05, 0.1) is 5.02 Å². The van der Waals surface area contributed by atoms with E-state index in [9.17, 15) is 0 Å². The summed E-state index contributed by atoms with van der Waals surface area (Å²) >= 11 is 12.5. The largest absolute Gasteiger partial charge is 0.360 e. The lowest BCUT2D eigenvalue weighted by molar-refractivity contribution is 1.44. The predicted octanol–water partition coefficient (Wildman–Crippen LogP) is 4.21. The van der Waals surface area contributed by atoms with Crippen molar-refractivity contribution >= 4 is 49.1 Å². The molecule has 80 valence electrons. The van der Waals surface area contributed by atoms with Crippen molar-refractivity contribution in [1.82, 2.24) is 0 Å². The minimum absolute atomic E-state index is 0.00203. The first-order valence-electron chi connectivity index (χ1n) is 4.00. The Morgan fingerprint density at radius 3 is 2.19 bits per heavy atom. The Balaban J connectivity index is 2.98. The van der Waals surface area contributed by atoms with Crippen LogP contribution in [0.4, 0.5) is 5.69 Å². The highest BCUT2D eigenvalue weighted by Crippen LogP contribution is 2.33. The van der Waals surface area contributed by atoms with E-state index in [0.717, 1.165) is 8.95 Å². The van der Waals surface area contributed by atoms with Gasteiger partial charge in [-0.3, -0.25) is 0 Å². The number of hydrogen-bond acceptors (Lipinski definition) is 3. The summed E-state index contributed by atoms with van der Waals surface area (Å²) in [5.74, 6) is 0. The highest BCUT2D eigenvalue weighted by Gasteiger charge is 2.04. The van der Waals surface area contributed by atoms with E-state index >= 15 is 0 Å². The maximum atomic E-state index is 8.54. The number of nitrogens with zero attached hydrogens (tertiary/aromatic N) is 2. The Morgan fingerprint density at radius 2 is 1.75 bits per heavy atom. The SMILES string of the molecule is N#CC(C#N)=CNc1cc(Br)c(Cl)c(Br)c1. The molecule has 0 aliphatic carbocycles. The van der Waals surface area contributed by atoms with Gasteiger partial charge in [0.1, 0.15) is 17.7 Å². The van der Waals surface area contributed by atoms with Gasteiger partial charge in [-0.05, 0) is 44.0 Å². The van der Waals surface area contributed by atoms with Crippen LogP contribution in [0.3, 0.4) is 0 Å². The second-order valence-electron chi connectivity index (χ2n) is 2.68. The van der Waals surface area contributed by atoms with Gasteiger partial charge in [0.15, 0.2) is 0 Å². The molecule has 1 aromatic carbocycles. The van der Waals surface area contributed by atoms with Crippen molar-refractivity contribution in [2.45, 2.75) is 0 Å². The molecule has 0 amide bonds. The number of hydrogen-bond donors (Lipinski definition) is 1. The fourth-order valence-corrected chi connectivity index (χ4v) is 2.18. The van der Waals surface area contributed by atoms with Crippen LogP contribution in [0.25, 0.3) is 0 Å². The maximum absolute atomic E-state index is 8.54. The fourth-order valence-electron chi connectivity index (χ4n) is 0.884. The molecule has 0 bridgehead atoms. The average Bonchev–Trinajstić information content (AvgIpc) is 2.27. The molecule has 0 unspecified atom stereocenters. The standard InChI is InChI=1S/C10H4Br2ClN3/c11-8-1-7(2-9(12)10(8)13)16-5-6(3-14)4-15/h1-2,5,16H. The quantitative estimate of drug-likeness (QED) is 0.634. The van der Waals surface area contributed by atoms with Crippen LogP contribution >= 0.6 is 43.5 Å². The first-order chi connectivity index (χ1) is 7.58. The molecule has 0 atom stereocenters. The molecular weight excluding hydrogens is 357 g/mol. The molecule has 0 heterocycles. The molecule has 1 N–H and O–H groups in total. The predicted molar refractivity (Wildman–Crippen MR) is 69.8 cm³/mol. The fraction of sp³-hybridized carbons (Fsp3) is 0. The molecule has 16 heavy (non-hydrogen) atoms. The van der Waals surface area contributed by atoms with Crippen LogP contribution in [0, 0.1) is 22.7 Å². The van der Waals surface area contributed by atoms with Gasteiger partial charge < -0.3 is 5.32 Å². The summed E-state index contributed by atoms with van der Waals surface area (Å²) in [6.45, 7) is 0. The van der Waals surface area contributed by atoms with Gasteiger partial charge in [0.25, 0.3) is 0 Å². The molecule has 0 saturated heterocycles. The van der Waals surface area contributed by atoms with E-state index in [1.54, 1.807) is 24.3 Å². The normalized spacial score (nSPS) is 8.81. The van der Waals surface area contributed by atoms with Crippen molar-refractivity contribution in [3.05, 3.63) is 37.9 Å². The Hall–Kier alpha value is -1.01. The molecule has 0 fully saturated rings. The molecule has 1 rings (SSSR count). The molecule has 6 heteroatoms. The van der Waals surface area contributed by atoms with Gasteiger partial charge in [0.2, 0.25) is 0 Å². The van der Waals surface area contributed by atoms with Gasteiger partial charge in [-0.25, -0.2) is 0 Å². The van der Waals surface area contributed by atoms with Crippen molar-refractivity contribution in [2.24, 2.45) is 0 Å². The van der Waals surface area contributed by atoms with Crippen LogP contribution in [-0.2, 0) is 0 Å². The molecule has 0 aromatic heterocycles. The summed E-state index contributed by atoms with van der Waals surface area (Å²) in [6, 6.07) is 6.99. The van der Waals surface area contributed by atoms with E-state index in [4.69, 9.17) is 22.1 Å². The van der Waals surface area contributed by atoms with Gasteiger partial charge in [-0.2, -0.15) is 10.5 Å². The molecule has 0 aliphatic heterocycles. The smallest absolute Gasteiger partial charge is 0.145 e. The lowest BCUT2D eigenvalue weighted by Gasteiger charge is -2.05. The molecule has 0 saturated carbocycles. The zero-order valence-electron chi connectivity index (χ0n) is 7.76. The molecule has 0 aliphatic rings. The lowest BCUT2D eigenvalue weighted by atomic mass is 10.3. The third kappa shape index (κ3) is 3.24. The van der Waals surface area contributed by atoms with Crippen LogP contribution in [-0.4, -0.2) is 0 Å². The topological polar surface area (TPSA) is 59.6 Å². The van der Waals surface area contributed by atoms with Gasteiger partial charge in [0, 0.05) is 20.8 Å². The zero-order chi connectivity index (χ0) is 12.1. The Labute approximate surface area is 115 Å². The number of nitriles is 2. The zero-order valence-corrected chi connectivity index (χ0v) is 11.7. The average molecular weight is 361 g/mol. The summed E-state index contributed by atoms with van der Waals surface area (Å²) in [4.78, 5) is 0.